The van der Waals surface area contributed by atoms with Crippen LogP contribution in [0.2, 0.25) is 0 Å². The van der Waals surface area contributed by atoms with Crippen molar-refractivity contribution in [1.82, 2.24) is 4.98 Å². The van der Waals surface area contributed by atoms with Gasteiger partial charge >= 0.3 is 5.97 Å². The molecule has 3 rings (SSSR count). The van der Waals surface area contributed by atoms with E-state index in [-0.39, 0.29) is 12.5 Å². The van der Waals surface area contributed by atoms with Gasteiger partial charge < -0.3 is 9.64 Å². The normalized spacial score (nSPS) is 10.3. The molecule has 2 aromatic carbocycles. The highest BCUT2D eigenvalue weighted by molar-refractivity contribution is 5.97. The molecule has 1 heterocycles. The quantitative estimate of drug-likeness (QED) is 0.542. The Kier molecular flexibility index (Phi) is 4.67. The summed E-state index contributed by atoms with van der Waals surface area (Å²) in [5.74, 6) is 3.06. The number of hydrogen-bond donors (Lipinski definition) is 0. The zero-order valence-corrected chi connectivity index (χ0v) is 14.2. The number of terminal acetylenes is 1. The van der Waals surface area contributed by atoms with Crippen molar-refractivity contribution in [3.63, 3.8) is 0 Å². The molecule has 25 heavy (non-hydrogen) atoms. The van der Waals surface area contributed by atoms with Crippen LogP contribution in [-0.4, -0.2) is 31.7 Å². The summed E-state index contributed by atoms with van der Waals surface area (Å²) in [4.78, 5) is 18.0. The molecule has 0 aliphatic carbocycles. The number of fused-ring (bicyclic) bond motifs is 1. The van der Waals surface area contributed by atoms with Crippen LogP contribution in [0.1, 0.15) is 5.56 Å². The highest BCUT2D eigenvalue weighted by Gasteiger charge is 2.13. The minimum absolute atomic E-state index is 0.131. The maximum absolute atomic E-state index is 11.6. The molecule has 1 aromatic heterocycles. The van der Waals surface area contributed by atoms with Gasteiger partial charge in [-0.1, -0.05) is 36.3 Å². The van der Waals surface area contributed by atoms with E-state index < -0.39 is 0 Å². The Labute approximate surface area is 147 Å². The molecule has 4 nitrogen and oxygen atoms in total. The van der Waals surface area contributed by atoms with Crippen LogP contribution in [-0.2, 0) is 9.53 Å². The molecule has 3 aromatic rings. The zero-order chi connectivity index (χ0) is 17.8. The van der Waals surface area contributed by atoms with E-state index in [1.165, 1.54) is 7.11 Å². The fraction of sp³-hybridized carbons (Fsp3) is 0.143. The number of carbonyl (C=O) groups is 1. The van der Waals surface area contributed by atoms with Crippen LogP contribution in [0.3, 0.4) is 0 Å². The molecule has 0 aliphatic rings. The Morgan fingerprint density at radius 1 is 1.20 bits per heavy atom. The summed E-state index contributed by atoms with van der Waals surface area (Å²) < 4.78 is 4.74. The molecular formula is C21H18N2O2. The summed E-state index contributed by atoms with van der Waals surface area (Å²) in [5, 5.41) is 0.983. The van der Waals surface area contributed by atoms with Gasteiger partial charge in [0, 0.05) is 18.0 Å². The van der Waals surface area contributed by atoms with Gasteiger partial charge in [-0.25, -0.2) is 4.98 Å². The minimum atomic E-state index is -0.312. The first-order valence-electron chi connectivity index (χ1n) is 7.87. The van der Waals surface area contributed by atoms with Crippen LogP contribution in [0.15, 0.2) is 54.6 Å². The molecule has 0 fully saturated rings. The van der Waals surface area contributed by atoms with Gasteiger partial charge in [-0.15, -0.1) is 6.42 Å². The third-order valence-corrected chi connectivity index (χ3v) is 4.03. The number of ether oxygens (including phenoxy) is 1. The lowest BCUT2D eigenvalue weighted by molar-refractivity contribution is -0.138. The smallest absolute Gasteiger partial charge is 0.325 e. The van der Waals surface area contributed by atoms with Crippen molar-refractivity contribution in [2.24, 2.45) is 0 Å². The molecule has 0 saturated heterocycles. The van der Waals surface area contributed by atoms with Gasteiger partial charge in [0.2, 0.25) is 0 Å². The first-order chi connectivity index (χ1) is 12.1. The lowest BCUT2D eigenvalue weighted by atomic mass is 9.99. The largest absolute Gasteiger partial charge is 0.468 e. The van der Waals surface area contributed by atoms with E-state index in [1.54, 1.807) is 4.90 Å². The fourth-order valence-corrected chi connectivity index (χ4v) is 2.69. The number of nitrogens with zero attached hydrogens (tertiary/aromatic N) is 2. The minimum Gasteiger partial charge on any atom is -0.468 e. The highest BCUT2D eigenvalue weighted by Crippen LogP contribution is 2.31. The van der Waals surface area contributed by atoms with Gasteiger partial charge in [-0.2, -0.15) is 0 Å². The molecule has 0 aliphatic heterocycles. The third kappa shape index (κ3) is 3.46. The van der Waals surface area contributed by atoms with Crippen molar-refractivity contribution in [3.8, 4) is 23.5 Å². The van der Waals surface area contributed by atoms with E-state index in [4.69, 9.17) is 11.2 Å². The second kappa shape index (κ2) is 7.06. The van der Waals surface area contributed by atoms with Crippen molar-refractivity contribution in [2.45, 2.75) is 0 Å². The number of benzene rings is 2. The van der Waals surface area contributed by atoms with E-state index >= 15 is 0 Å². The van der Waals surface area contributed by atoms with Crippen LogP contribution >= 0.6 is 0 Å². The zero-order valence-electron chi connectivity index (χ0n) is 14.2. The standard InChI is InChI=1S/C21H18N2O2/c1-4-15-10-11-19-18(12-15)17(16-8-6-5-7-9-16)13-20(22-19)23(2)14-21(24)25-3/h1,5-13H,14H2,2-3H3. The van der Waals surface area contributed by atoms with Gasteiger partial charge in [0.15, 0.2) is 0 Å². The number of anilines is 1. The lowest BCUT2D eigenvalue weighted by Gasteiger charge is -2.19. The van der Waals surface area contributed by atoms with E-state index in [1.807, 2.05) is 61.6 Å². The summed E-state index contributed by atoms with van der Waals surface area (Å²) in [6.45, 7) is 0.131. The topological polar surface area (TPSA) is 42.4 Å². The molecule has 0 spiro atoms. The molecule has 124 valence electrons. The number of carbonyl (C=O) groups excluding carboxylic acids is 1. The van der Waals surface area contributed by atoms with Crippen molar-refractivity contribution in [3.05, 3.63) is 60.2 Å². The number of aromatic nitrogens is 1. The molecule has 0 bridgehead atoms. The fourth-order valence-electron chi connectivity index (χ4n) is 2.69. The molecule has 0 radical (unpaired) electrons. The molecule has 0 amide bonds. The number of rotatable bonds is 4. The first kappa shape index (κ1) is 16.5. The third-order valence-electron chi connectivity index (χ3n) is 4.03. The summed E-state index contributed by atoms with van der Waals surface area (Å²) >= 11 is 0. The first-order valence-corrected chi connectivity index (χ1v) is 7.87. The van der Waals surface area contributed by atoms with Crippen LogP contribution in [0.4, 0.5) is 5.82 Å². The Balaban J connectivity index is 2.19. The Morgan fingerprint density at radius 2 is 1.96 bits per heavy atom. The number of likely N-dealkylation sites (N-methyl/N-ethyl adjacent to an activating group) is 1. The monoisotopic (exact) mass is 330 g/mol. The van der Waals surface area contributed by atoms with Crippen LogP contribution in [0.25, 0.3) is 22.0 Å². The van der Waals surface area contributed by atoms with Crippen molar-refractivity contribution >= 4 is 22.7 Å². The van der Waals surface area contributed by atoms with Crippen LogP contribution in [0.5, 0.6) is 0 Å². The Morgan fingerprint density at radius 3 is 2.64 bits per heavy atom. The number of methoxy groups -OCH3 is 1. The van der Waals surface area contributed by atoms with Crippen molar-refractivity contribution in [1.29, 1.82) is 0 Å². The van der Waals surface area contributed by atoms with Gasteiger partial charge in [-0.05, 0) is 35.4 Å². The highest BCUT2D eigenvalue weighted by atomic mass is 16.5. The van der Waals surface area contributed by atoms with Crippen LogP contribution < -0.4 is 4.90 Å². The maximum Gasteiger partial charge on any atom is 0.325 e. The van der Waals surface area contributed by atoms with Crippen molar-refractivity contribution in [2.75, 3.05) is 25.6 Å². The summed E-state index contributed by atoms with van der Waals surface area (Å²) in [7, 11) is 3.19. The van der Waals surface area contributed by atoms with Crippen LogP contribution in [0, 0.1) is 12.3 Å². The van der Waals surface area contributed by atoms with Gasteiger partial charge in [0.05, 0.1) is 12.6 Å². The average molecular weight is 330 g/mol. The number of pyridine rings is 1. The summed E-state index contributed by atoms with van der Waals surface area (Å²) in [6.07, 6.45) is 5.55. The predicted octanol–water partition coefficient (Wildman–Crippen LogP) is 3.49. The second-order valence-corrected chi connectivity index (χ2v) is 5.70. The van der Waals surface area contributed by atoms with Gasteiger partial charge in [0.25, 0.3) is 0 Å². The average Bonchev–Trinajstić information content (AvgIpc) is 2.67. The lowest BCUT2D eigenvalue weighted by Crippen LogP contribution is -2.27. The van der Waals surface area contributed by atoms with E-state index in [9.17, 15) is 4.79 Å². The Hall–Kier alpha value is -3.32. The number of esters is 1. The second-order valence-electron chi connectivity index (χ2n) is 5.70. The van der Waals surface area contributed by atoms with E-state index in [0.717, 1.165) is 27.6 Å². The van der Waals surface area contributed by atoms with E-state index in [2.05, 4.69) is 10.9 Å². The molecule has 0 saturated carbocycles. The van der Waals surface area contributed by atoms with Gasteiger partial charge in [-0.3, -0.25) is 4.79 Å². The summed E-state index contributed by atoms with van der Waals surface area (Å²) in [6, 6.07) is 17.8. The maximum atomic E-state index is 11.6. The summed E-state index contributed by atoms with van der Waals surface area (Å²) in [5.41, 5.74) is 3.72. The van der Waals surface area contributed by atoms with Gasteiger partial charge in [0.1, 0.15) is 12.4 Å². The molecular weight excluding hydrogens is 312 g/mol. The predicted molar refractivity (Wildman–Crippen MR) is 100 cm³/mol. The molecule has 0 unspecified atom stereocenters. The molecule has 4 heteroatoms. The number of hydrogen-bond acceptors (Lipinski definition) is 4. The van der Waals surface area contributed by atoms with Crippen molar-refractivity contribution < 1.29 is 9.53 Å². The SMILES string of the molecule is C#Cc1ccc2nc(N(C)CC(=O)OC)cc(-c3ccccc3)c2c1. The molecule has 0 atom stereocenters. The van der Waals surface area contributed by atoms with E-state index in [0.29, 0.717) is 5.82 Å². The molecule has 0 N–H and O–H groups in total. The Bertz CT molecular complexity index is 959.